The molecule has 0 radical (unpaired) electrons. The lowest BCUT2D eigenvalue weighted by Crippen LogP contribution is -2.52. The van der Waals surface area contributed by atoms with Crippen LogP contribution < -0.4 is 10.6 Å². The van der Waals surface area contributed by atoms with Crippen LogP contribution in [0.3, 0.4) is 0 Å². The number of hydrogen-bond donors (Lipinski definition) is 3. The zero-order valence-electron chi connectivity index (χ0n) is 13.1. The van der Waals surface area contributed by atoms with Crippen LogP contribution in [0.2, 0.25) is 0 Å². The predicted octanol–water partition coefficient (Wildman–Crippen LogP) is 0.511. The first-order valence-electron chi connectivity index (χ1n) is 7.15. The molecule has 0 aliphatic carbocycles. The molecule has 0 aromatic rings. The summed E-state index contributed by atoms with van der Waals surface area (Å²) in [5, 5.41) is 14.4. The first-order valence-corrected chi connectivity index (χ1v) is 7.15. The van der Waals surface area contributed by atoms with Crippen molar-refractivity contribution in [2.45, 2.75) is 27.2 Å². The third-order valence-electron chi connectivity index (χ3n) is 3.82. The van der Waals surface area contributed by atoms with Crippen molar-refractivity contribution in [1.82, 2.24) is 15.5 Å². The fourth-order valence-electron chi connectivity index (χ4n) is 2.52. The zero-order valence-corrected chi connectivity index (χ0v) is 13.1. The van der Waals surface area contributed by atoms with Gasteiger partial charge < -0.3 is 20.6 Å². The average Bonchev–Trinajstić information content (AvgIpc) is 2.43. The van der Waals surface area contributed by atoms with Gasteiger partial charge in [0.15, 0.2) is 0 Å². The number of rotatable bonds is 4. The molecule has 3 amide bonds. The van der Waals surface area contributed by atoms with E-state index in [9.17, 15) is 14.4 Å². The Bertz CT molecular complexity index is 422. The second-order valence-corrected chi connectivity index (χ2v) is 6.40. The van der Waals surface area contributed by atoms with Crippen LogP contribution in [-0.4, -0.2) is 54.6 Å². The van der Waals surface area contributed by atoms with Crippen molar-refractivity contribution in [1.29, 1.82) is 0 Å². The molecular weight excluding hydrogens is 274 g/mol. The number of carboxylic acid groups (broad SMARTS) is 1. The summed E-state index contributed by atoms with van der Waals surface area (Å²) in [6.07, 6.45) is 0.586. The first-order chi connectivity index (χ1) is 9.67. The van der Waals surface area contributed by atoms with Crippen molar-refractivity contribution in [2.24, 2.45) is 17.3 Å². The summed E-state index contributed by atoms with van der Waals surface area (Å²) in [6, 6.07) is -0.315. The minimum absolute atomic E-state index is 0.151. The molecule has 7 heteroatoms. The number of aliphatic carboxylic acids is 1. The molecule has 0 aromatic carbocycles. The van der Waals surface area contributed by atoms with Crippen LogP contribution in [0.1, 0.15) is 27.2 Å². The third kappa shape index (κ3) is 4.61. The Morgan fingerprint density at radius 1 is 1.29 bits per heavy atom. The van der Waals surface area contributed by atoms with Crippen LogP contribution in [0, 0.1) is 17.3 Å². The highest BCUT2D eigenvalue weighted by atomic mass is 16.4. The quantitative estimate of drug-likeness (QED) is 0.704. The molecule has 0 spiro atoms. The van der Waals surface area contributed by atoms with Crippen LogP contribution in [0.15, 0.2) is 0 Å². The normalized spacial score (nSPS) is 22.6. The van der Waals surface area contributed by atoms with Crippen LogP contribution in [0.4, 0.5) is 4.79 Å². The van der Waals surface area contributed by atoms with Gasteiger partial charge in [-0.05, 0) is 26.2 Å². The summed E-state index contributed by atoms with van der Waals surface area (Å²) in [6.45, 7) is 6.37. The molecule has 1 heterocycles. The minimum Gasteiger partial charge on any atom is -0.481 e. The zero-order chi connectivity index (χ0) is 16.2. The Balaban J connectivity index is 2.59. The van der Waals surface area contributed by atoms with E-state index in [4.69, 9.17) is 5.11 Å². The molecule has 0 saturated carbocycles. The average molecular weight is 299 g/mol. The second kappa shape index (κ2) is 6.78. The number of hydrogen-bond acceptors (Lipinski definition) is 3. The molecule has 0 aromatic heterocycles. The smallest absolute Gasteiger partial charge is 0.317 e. The monoisotopic (exact) mass is 299 g/mol. The molecule has 1 aliphatic rings. The van der Waals surface area contributed by atoms with E-state index in [0.29, 0.717) is 13.0 Å². The van der Waals surface area contributed by atoms with Gasteiger partial charge in [-0.15, -0.1) is 0 Å². The van der Waals surface area contributed by atoms with Gasteiger partial charge >= 0.3 is 12.0 Å². The SMILES string of the molecule is CNC(=O)C(C)(C)CNC(=O)N1CC(C)CC(C(=O)O)C1. The van der Waals surface area contributed by atoms with Gasteiger partial charge in [0.1, 0.15) is 0 Å². The fourth-order valence-corrected chi connectivity index (χ4v) is 2.52. The summed E-state index contributed by atoms with van der Waals surface area (Å²) < 4.78 is 0. The topological polar surface area (TPSA) is 98.7 Å². The number of amides is 3. The van der Waals surface area contributed by atoms with Crippen molar-refractivity contribution in [3.05, 3.63) is 0 Å². The van der Waals surface area contributed by atoms with Crippen LogP contribution >= 0.6 is 0 Å². The highest BCUT2D eigenvalue weighted by Crippen LogP contribution is 2.22. The van der Waals surface area contributed by atoms with Crippen LogP contribution in [-0.2, 0) is 9.59 Å². The second-order valence-electron chi connectivity index (χ2n) is 6.40. The number of carbonyl (C=O) groups excluding carboxylic acids is 2. The molecule has 1 rings (SSSR count). The number of nitrogens with one attached hydrogen (secondary N) is 2. The van der Waals surface area contributed by atoms with Gasteiger partial charge in [0.25, 0.3) is 0 Å². The van der Waals surface area contributed by atoms with Gasteiger partial charge in [0.05, 0.1) is 11.3 Å². The summed E-state index contributed by atoms with van der Waals surface area (Å²) in [4.78, 5) is 36.4. The third-order valence-corrected chi connectivity index (χ3v) is 3.82. The summed E-state index contributed by atoms with van der Waals surface area (Å²) in [5.74, 6) is -1.40. The molecule has 1 saturated heterocycles. The lowest BCUT2D eigenvalue weighted by molar-refractivity contribution is -0.143. The highest BCUT2D eigenvalue weighted by Gasteiger charge is 2.33. The lowest BCUT2D eigenvalue weighted by atomic mass is 9.90. The van der Waals surface area contributed by atoms with E-state index in [1.807, 2.05) is 6.92 Å². The number of urea groups is 1. The molecule has 3 N–H and O–H groups in total. The molecule has 21 heavy (non-hydrogen) atoms. The maximum Gasteiger partial charge on any atom is 0.317 e. The lowest BCUT2D eigenvalue weighted by Gasteiger charge is -2.35. The van der Waals surface area contributed by atoms with Crippen molar-refractivity contribution in [2.75, 3.05) is 26.7 Å². The number of carboxylic acids is 1. The number of likely N-dealkylation sites (tertiary alicyclic amines) is 1. The van der Waals surface area contributed by atoms with Gasteiger partial charge in [0.2, 0.25) is 5.91 Å². The largest absolute Gasteiger partial charge is 0.481 e. The minimum atomic E-state index is -0.870. The fraction of sp³-hybridized carbons (Fsp3) is 0.786. The van der Waals surface area contributed by atoms with E-state index in [1.165, 1.54) is 4.90 Å². The molecule has 1 fully saturated rings. The van der Waals surface area contributed by atoms with Crippen molar-refractivity contribution < 1.29 is 19.5 Å². The van der Waals surface area contributed by atoms with Gasteiger partial charge in [-0.25, -0.2) is 4.79 Å². The van der Waals surface area contributed by atoms with Crippen LogP contribution in [0.25, 0.3) is 0 Å². The number of piperidine rings is 1. The molecule has 120 valence electrons. The van der Waals surface area contributed by atoms with Crippen molar-refractivity contribution in [3.8, 4) is 0 Å². The molecule has 1 aliphatic heterocycles. The standard InChI is InChI=1S/C14H25N3O4/c1-9-5-10(11(18)19)7-17(6-9)13(21)16-8-14(2,3)12(20)15-4/h9-10H,5-8H2,1-4H3,(H,15,20)(H,16,21)(H,18,19). The maximum atomic E-state index is 12.2. The van der Waals surface area contributed by atoms with E-state index in [-0.39, 0.29) is 30.9 Å². The van der Waals surface area contributed by atoms with E-state index >= 15 is 0 Å². The molecule has 2 atom stereocenters. The Labute approximate surface area is 125 Å². The molecule has 0 bridgehead atoms. The Kier molecular flexibility index (Phi) is 5.57. The van der Waals surface area contributed by atoms with Crippen molar-refractivity contribution in [3.63, 3.8) is 0 Å². The maximum absolute atomic E-state index is 12.2. The van der Waals surface area contributed by atoms with Gasteiger partial charge in [0, 0.05) is 26.7 Å². The Morgan fingerprint density at radius 3 is 2.43 bits per heavy atom. The molecule has 2 unspecified atom stereocenters. The van der Waals surface area contributed by atoms with Crippen molar-refractivity contribution >= 4 is 17.9 Å². The van der Waals surface area contributed by atoms with E-state index in [0.717, 1.165) is 0 Å². The number of carbonyl (C=O) groups is 3. The van der Waals surface area contributed by atoms with Gasteiger partial charge in [-0.3, -0.25) is 9.59 Å². The Hall–Kier alpha value is -1.79. The Morgan fingerprint density at radius 2 is 1.90 bits per heavy atom. The van der Waals surface area contributed by atoms with Crippen LogP contribution in [0.5, 0.6) is 0 Å². The first kappa shape index (κ1) is 17.3. The van der Waals surface area contributed by atoms with E-state index in [1.54, 1.807) is 20.9 Å². The summed E-state index contributed by atoms with van der Waals surface area (Å²) in [5.41, 5.74) is -0.710. The predicted molar refractivity (Wildman–Crippen MR) is 77.7 cm³/mol. The van der Waals surface area contributed by atoms with Gasteiger partial charge in [-0.2, -0.15) is 0 Å². The van der Waals surface area contributed by atoms with Gasteiger partial charge in [-0.1, -0.05) is 6.92 Å². The summed E-state index contributed by atoms with van der Waals surface area (Å²) >= 11 is 0. The number of nitrogens with zero attached hydrogens (tertiary/aromatic N) is 1. The van der Waals surface area contributed by atoms with E-state index in [2.05, 4.69) is 10.6 Å². The molecular formula is C14H25N3O4. The molecule has 7 nitrogen and oxygen atoms in total. The highest BCUT2D eigenvalue weighted by molar-refractivity contribution is 5.83. The van der Waals surface area contributed by atoms with E-state index < -0.39 is 17.3 Å². The summed E-state index contributed by atoms with van der Waals surface area (Å²) in [7, 11) is 1.55.